The molecule has 8 nitrogen and oxygen atoms in total. The van der Waals surface area contributed by atoms with Crippen molar-refractivity contribution >= 4 is 47.2 Å². The van der Waals surface area contributed by atoms with Crippen molar-refractivity contribution < 1.29 is 13.9 Å². The van der Waals surface area contributed by atoms with Crippen LogP contribution in [0.1, 0.15) is 65.9 Å². The molecule has 0 fully saturated rings. The summed E-state index contributed by atoms with van der Waals surface area (Å²) in [5, 5.41) is 7.56. The Morgan fingerprint density at radius 2 is 2.06 bits per heavy atom. The number of carbonyl (C=O) groups is 1. The smallest absolute Gasteiger partial charge is 0.350 e. The Labute approximate surface area is 205 Å². The highest BCUT2D eigenvalue weighted by Gasteiger charge is 2.23. The summed E-state index contributed by atoms with van der Waals surface area (Å²) >= 11 is 1.35. The number of nitrogens with zero attached hydrogens (tertiary/aromatic N) is 3. The largest absolute Gasteiger partial charge is 0.468 e. The number of halogens is 1. The summed E-state index contributed by atoms with van der Waals surface area (Å²) in [6.07, 6.45) is 1.70. The number of esters is 1. The van der Waals surface area contributed by atoms with E-state index in [2.05, 4.69) is 39.4 Å². The maximum atomic E-state index is 12.1. The van der Waals surface area contributed by atoms with Crippen molar-refractivity contribution in [3.05, 3.63) is 39.7 Å². The van der Waals surface area contributed by atoms with Gasteiger partial charge in [-0.3, -0.25) is 9.89 Å². The van der Waals surface area contributed by atoms with Gasteiger partial charge in [0.2, 0.25) is 0 Å². The van der Waals surface area contributed by atoms with Crippen molar-refractivity contribution in [1.82, 2.24) is 20.5 Å². The quantitative estimate of drug-likeness (QED) is 0.194. The van der Waals surface area contributed by atoms with Crippen LogP contribution in [-0.2, 0) is 4.74 Å². The molecule has 2 atom stereocenters. The van der Waals surface area contributed by atoms with Crippen molar-refractivity contribution in [2.24, 2.45) is 4.99 Å². The molecule has 2 heterocycles. The molecule has 0 aliphatic heterocycles. The second-order valence-corrected chi connectivity index (χ2v) is 7.79. The number of ether oxygens (including phenoxy) is 1. The lowest BCUT2D eigenvalue weighted by Gasteiger charge is -2.29. The molecule has 0 radical (unpaired) electrons. The van der Waals surface area contributed by atoms with Gasteiger partial charge < -0.3 is 19.8 Å². The Morgan fingerprint density at radius 1 is 1.35 bits per heavy atom. The van der Waals surface area contributed by atoms with Crippen LogP contribution in [0.4, 0.5) is 0 Å². The number of thiazole rings is 1. The molecular weight excluding hydrogens is 529 g/mol. The van der Waals surface area contributed by atoms with Gasteiger partial charge in [0.05, 0.1) is 30.6 Å². The fourth-order valence-electron chi connectivity index (χ4n) is 3.20. The van der Waals surface area contributed by atoms with E-state index in [1.807, 2.05) is 26.0 Å². The van der Waals surface area contributed by atoms with Gasteiger partial charge in [-0.1, -0.05) is 13.8 Å². The van der Waals surface area contributed by atoms with E-state index in [0.717, 1.165) is 23.9 Å². The molecule has 0 aliphatic rings. The number of hydrogen-bond donors (Lipinski definition) is 2. The Hall–Kier alpha value is -1.66. The van der Waals surface area contributed by atoms with Gasteiger partial charge in [-0.15, -0.1) is 35.3 Å². The third-order valence-corrected chi connectivity index (χ3v) is 6.13. The number of rotatable bonds is 10. The zero-order valence-corrected chi connectivity index (χ0v) is 22.2. The Bertz CT molecular complexity index is 821. The van der Waals surface area contributed by atoms with E-state index in [0.29, 0.717) is 29.7 Å². The van der Waals surface area contributed by atoms with Gasteiger partial charge in [0, 0.05) is 13.6 Å². The van der Waals surface area contributed by atoms with Crippen LogP contribution in [0, 0.1) is 6.92 Å². The normalized spacial score (nSPS) is 13.5. The second kappa shape index (κ2) is 13.7. The van der Waals surface area contributed by atoms with E-state index in [1.165, 1.54) is 11.3 Å². The molecule has 0 saturated heterocycles. The van der Waals surface area contributed by atoms with Crippen molar-refractivity contribution in [1.29, 1.82) is 0 Å². The molecular formula is C21H34IN5O3S. The molecule has 0 spiro atoms. The van der Waals surface area contributed by atoms with E-state index < -0.39 is 0 Å². The van der Waals surface area contributed by atoms with Gasteiger partial charge in [0.15, 0.2) is 5.96 Å². The fourth-order valence-corrected chi connectivity index (χ4v) is 4.16. The maximum Gasteiger partial charge on any atom is 0.350 e. The van der Waals surface area contributed by atoms with E-state index >= 15 is 0 Å². The number of aromatic nitrogens is 1. The van der Waals surface area contributed by atoms with Crippen LogP contribution < -0.4 is 10.6 Å². The number of aliphatic imine (C=N–C) groups is 1. The minimum absolute atomic E-state index is 0. The summed E-state index contributed by atoms with van der Waals surface area (Å²) in [6.45, 7) is 12.7. The molecule has 0 aliphatic carbocycles. The van der Waals surface area contributed by atoms with Crippen molar-refractivity contribution in [3.63, 3.8) is 0 Å². The molecule has 174 valence electrons. The summed E-state index contributed by atoms with van der Waals surface area (Å²) in [4.78, 5) is 23.8. The van der Waals surface area contributed by atoms with Crippen LogP contribution in [0.3, 0.4) is 0 Å². The van der Waals surface area contributed by atoms with Gasteiger partial charge in [0.1, 0.15) is 15.6 Å². The molecule has 0 bridgehead atoms. The third kappa shape index (κ3) is 7.46. The van der Waals surface area contributed by atoms with Gasteiger partial charge in [-0.25, -0.2) is 9.78 Å². The standard InChI is InChI=1S/C21H33N5O3S.HI/c1-7-26(8-2)16(17-11-10-12-29-17)13-23-21(22-6)25-15(5)19-24-14(4)18(30-19)20(27)28-9-3;/h10-12,15-16H,7-9,13H2,1-6H3,(H2,22,23,25);1H. The fraction of sp³-hybridized carbons (Fsp3) is 0.571. The monoisotopic (exact) mass is 563 g/mol. The highest BCUT2D eigenvalue weighted by molar-refractivity contribution is 14.0. The molecule has 0 saturated carbocycles. The summed E-state index contributed by atoms with van der Waals surface area (Å²) in [6, 6.07) is 3.89. The Balaban J connectivity index is 0.00000480. The lowest BCUT2D eigenvalue weighted by atomic mass is 10.2. The molecule has 0 amide bonds. The lowest BCUT2D eigenvalue weighted by molar-refractivity contribution is 0.0531. The highest BCUT2D eigenvalue weighted by atomic mass is 127. The molecule has 2 N–H and O–H groups in total. The van der Waals surface area contributed by atoms with Gasteiger partial charge in [0.25, 0.3) is 0 Å². The van der Waals surface area contributed by atoms with Crippen molar-refractivity contribution in [2.75, 3.05) is 33.3 Å². The first-order chi connectivity index (χ1) is 14.4. The van der Waals surface area contributed by atoms with E-state index in [4.69, 9.17) is 9.15 Å². The molecule has 10 heteroatoms. The number of aryl methyl sites for hydroxylation is 1. The summed E-state index contributed by atoms with van der Waals surface area (Å²) in [5.41, 5.74) is 0.685. The molecule has 2 aromatic heterocycles. The predicted molar refractivity (Wildman–Crippen MR) is 136 cm³/mol. The number of likely N-dealkylation sites (N-methyl/N-ethyl adjacent to an activating group) is 1. The van der Waals surface area contributed by atoms with Crippen LogP contribution in [0.2, 0.25) is 0 Å². The number of hydrogen-bond acceptors (Lipinski definition) is 7. The number of guanidine groups is 1. The van der Waals surface area contributed by atoms with Crippen LogP contribution in [0.15, 0.2) is 27.8 Å². The molecule has 31 heavy (non-hydrogen) atoms. The highest BCUT2D eigenvalue weighted by Crippen LogP contribution is 2.24. The molecule has 2 aromatic rings. The predicted octanol–water partition coefficient (Wildman–Crippen LogP) is 4.15. The number of nitrogens with one attached hydrogen (secondary N) is 2. The first-order valence-electron chi connectivity index (χ1n) is 10.3. The molecule has 0 aromatic carbocycles. The lowest BCUT2D eigenvalue weighted by Crippen LogP contribution is -2.43. The second-order valence-electron chi connectivity index (χ2n) is 6.76. The average molecular weight is 564 g/mol. The third-order valence-electron chi connectivity index (χ3n) is 4.81. The average Bonchev–Trinajstić information content (AvgIpc) is 3.40. The first kappa shape index (κ1) is 27.4. The SMILES string of the molecule is CCOC(=O)c1sc(C(C)NC(=NC)NCC(c2ccco2)N(CC)CC)nc1C.I. The zero-order chi connectivity index (χ0) is 22.1. The first-order valence-corrected chi connectivity index (χ1v) is 11.2. The summed E-state index contributed by atoms with van der Waals surface area (Å²) < 4.78 is 10.8. The molecule has 2 unspecified atom stereocenters. The minimum Gasteiger partial charge on any atom is -0.468 e. The van der Waals surface area contributed by atoms with Crippen LogP contribution >= 0.6 is 35.3 Å². The Kier molecular flexibility index (Phi) is 12.1. The summed E-state index contributed by atoms with van der Waals surface area (Å²) in [5.74, 6) is 1.26. The van der Waals surface area contributed by atoms with Crippen LogP contribution in [0.5, 0.6) is 0 Å². The Morgan fingerprint density at radius 3 is 2.61 bits per heavy atom. The maximum absolute atomic E-state index is 12.1. The van der Waals surface area contributed by atoms with Gasteiger partial charge >= 0.3 is 5.97 Å². The van der Waals surface area contributed by atoms with Crippen molar-refractivity contribution in [2.45, 2.75) is 46.7 Å². The van der Waals surface area contributed by atoms with Gasteiger partial charge in [-0.05, 0) is 46.0 Å². The van der Waals surface area contributed by atoms with E-state index in [-0.39, 0.29) is 42.0 Å². The number of carbonyl (C=O) groups excluding carboxylic acids is 1. The van der Waals surface area contributed by atoms with Crippen molar-refractivity contribution in [3.8, 4) is 0 Å². The van der Waals surface area contributed by atoms with Crippen LogP contribution in [0.25, 0.3) is 0 Å². The topological polar surface area (TPSA) is 92.0 Å². The van der Waals surface area contributed by atoms with E-state index in [1.54, 1.807) is 20.2 Å². The molecule has 2 rings (SSSR count). The van der Waals surface area contributed by atoms with Crippen LogP contribution in [-0.4, -0.2) is 55.1 Å². The number of furan rings is 1. The van der Waals surface area contributed by atoms with Gasteiger partial charge in [-0.2, -0.15) is 0 Å². The minimum atomic E-state index is -0.325. The summed E-state index contributed by atoms with van der Waals surface area (Å²) in [7, 11) is 1.73. The van der Waals surface area contributed by atoms with E-state index in [9.17, 15) is 4.79 Å². The zero-order valence-electron chi connectivity index (χ0n) is 19.1.